The van der Waals surface area contributed by atoms with Crippen LogP contribution in [-0.2, 0) is 9.53 Å². The molecule has 2 aromatic rings. The highest BCUT2D eigenvalue weighted by molar-refractivity contribution is 5.75. The zero-order valence-electron chi connectivity index (χ0n) is 19.3. The van der Waals surface area contributed by atoms with Crippen molar-refractivity contribution in [3.63, 3.8) is 0 Å². The van der Waals surface area contributed by atoms with Gasteiger partial charge in [-0.3, -0.25) is 4.79 Å². The third kappa shape index (κ3) is 7.12. The molecule has 0 radical (unpaired) electrons. The Labute approximate surface area is 188 Å². The molecule has 0 N–H and O–H groups in total. The molecule has 168 valence electrons. The number of carbonyl (C=O) groups is 1. The van der Waals surface area contributed by atoms with Crippen LogP contribution in [0.25, 0.3) is 11.1 Å². The Kier molecular flexibility index (Phi) is 9.45. The molecule has 1 fully saturated rings. The van der Waals surface area contributed by atoms with Crippen LogP contribution in [0.15, 0.2) is 48.5 Å². The number of hydrogen-bond acceptors (Lipinski definition) is 3. The van der Waals surface area contributed by atoms with Crippen molar-refractivity contribution < 1.29 is 14.3 Å². The van der Waals surface area contributed by atoms with Crippen molar-refractivity contribution in [2.45, 2.75) is 84.2 Å². The Hall–Kier alpha value is -2.29. The van der Waals surface area contributed by atoms with Gasteiger partial charge in [-0.1, -0.05) is 95.2 Å². The van der Waals surface area contributed by atoms with Gasteiger partial charge in [-0.15, -0.1) is 0 Å². The van der Waals surface area contributed by atoms with Crippen LogP contribution >= 0.6 is 0 Å². The van der Waals surface area contributed by atoms with Gasteiger partial charge in [0, 0.05) is 6.42 Å². The van der Waals surface area contributed by atoms with Crippen LogP contribution in [0.4, 0.5) is 0 Å². The summed E-state index contributed by atoms with van der Waals surface area (Å²) < 4.78 is 11.5. The number of rotatable bonds is 13. The SMILES string of the molecule is CCCCCCCC1CC(c2ccc(-c3ccc(OCCCCC)cc3)cc2)OC1=O. The van der Waals surface area contributed by atoms with Gasteiger partial charge in [-0.25, -0.2) is 0 Å². The molecule has 0 spiro atoms. The number of cyclic esters (lactones) is 1. The monoisotopic (exact) mass is 422 g/mol. The van der Waals surface area contributed by atoms with Crippen molar-refractivity contribution in [3.8, 4) is 16.9 Å². The highest BCUT2D eigenvalue weighted by Gasteiger charge is 2.34. The van der Waals surface area contributed by atoms with Crippen LogP contribution in [0.2, 0.25) is 0 Å². The molecule has 2 unspecified atom stereocenters. The molecule has 3 heteroatoms. The van der Waals surface area contributed by atoms with E-state index in [2.05, 4.69) is 50.2 Å². The van der Waals surface area contributed by atoms with E-state index >= 15 is 0 Å². The third-order valence-electron chi connectivity index (χ3n) is 6.23. The fraction of sp³-hybridized carbons (Fsp3) is 0.536. The molecule has 1 heterocycles. The summed E-state index contributed by atoms with van der Waals surface area (Å²) in [6, 6.07) is 16.7. The van der Waals surface area contributed by atoms with Crippen LogP contribution < -0.4 is 4.74 Å². The van der Waals surface area contributed by atoms with E-state index in [4.69, 9.17) is 9.47 Å². The summed E-state index contributed by atoms with van der Waals surface area (Å²) >= 11 is 0. The van der Waals surface area contributed by atoms with Crippen molar-refractivity contribution in [3.05, 3.63) is 54.1 Å². The smallest absolute Gasteiger partial charge is 0.309 e. The van der Waals surface area contributed by atoms with E-state index in [0.29, 0.717) is 0 Å². The topological polar surface area (TPSA) is 35.5 Å². The number of ether oxygens (including phenoxy) is 2. The van der Waals surface area contributed by atoms with E-state index in [1.807, 2.05) is 12.1 Å². The molecule has 2 aromatic carbocycles. The molecule has 3 rings (SSSR count). The lowest BCUT2D eigenvalue weighted by Gasteiger charge is -2.11. The first-order valence-electron chi connectivity index (χ1n) is 12.2. The second kappa shape index (κ2) is 12.5. The molecule has 2 atom stereocenters. The van der Waals surface area contributed by atoms with Crippen LogP contribution in [0, 0.1) is 5.92 Å². The molecule has 0 bridgehead atoms. The number of carbonyl (C=O) groups excluding carboxylic acids is 1. The predicted molar refractivity (Wildman–Crippen MR) is 127 cm³/mol. The summed E-state index contributed by atoms with van der Waals surface area (Å²) in [5, 5.41) is 0. The fourth-order valence-corrected chi connectivity index (χ4v) is 4.25. The Morgan fingerprint density at radius 2 is 1.42 bits per heavy atom. The number of hydrogen-bond donors (Lipinski definition) is 0. The standard InChI is InChI=1S/C28H38O3/c1-3-5-7-8-9-11-25-21-27(31-28(25)29)24-14-12-22(13-15-24)23-16-18-26(19-17-23)30-20-10-6-4-2/h12-19,25,27H,3-11,20-21H2,1-2H3. The Morgan fingerprint density at radius 1 is 0.806 bits per heavy atom. The van der Waals surface area contributed by atoms with Crippen molar-refractivity contribution in [1.82, 2.24) is 0 Å². The second-order valence-electron chi connectivity index (χ2n) is 8.76. The second-order valence-corrected chi connectivity index (χ2v) is 8.76. The lowest BCUT2D eigenvalue weighted by atomic mass is 9.94. The summed E-state index contributed by atoms with van der Waals surface area (Å²) in [6.07, 6.45) is 11.4. The zero-order valence-corrected chi connectivity index (χ0v) is 19.3. The summed E-state index contributed by atoms with van der Waals surface area (Å²) in [6.45, 7) is 5.20. The molecule has 0 aromatic heterocycles. The first kappa shape index (κ1) is 23.4. The number of benzene rings is 2. The first-order chi connectivity index (χ1) is 15.2. The van der Waals surface area contributed by atoms with Crippen LogP contribution in [0.3, 0.4) is 0 Å². The fourth-order valence-electron chi connectivity index (χ4n) is 4.25. The normalized spacial score (nSPS) is 18.2. The summed E-state index contributed by atoms with van der Waals surface area (Å²) in [7, 11) is 0. The molecule has 0 aliphatic carbocycles. The summed E-state index contributed by atoms with van der Waals surface area (Å²) in [5.74, 6) is 0.977. The predicted octanol–water partition coefficient (Wildman–Crippen LogP) is 7.89. The van der Waals surface area contributed by atoms with Gasteiger partial charge in [0.25, 0.3) is 0 Å². The Balaban J connectivity index is 1.50. The van der Waals surface area contributed by atoms with E-state index in [9.17, 15) is 4.79 Å². The van der Waals surface area contributed by atoms with Crippen LogP contribution in [0.1, 0.15) is 89.7 Å². The minimum absolute atomic E-state index is 0.0147. The maximum absolute atomic E-state index is 12.3. The number of esters is 1. The Bertz CT molecular complexity index is 779. The molecule has 1 saturated heterocycles. The van der Waals surface area contributed by atoms with Gasteiger partial charge in [0.1, 0.15) is 11.9 Å². The van der Waals surface area contributed by atoms with Gasteiger partial charge in [-0.2, -0.15) is 0 Å². The molecular formula is C28H38O3. The third-order valence-corrected chi connectivity index (χ3v) is 6.23. The van der Waals surface area contributed by atoms with Crippen LogP contribution in [0.5, 0.6) is 5.75 Å². The molecule has 1 aliphatic heterocycles. The molecule has 3 nitrogen and oxygen atoms in total. The molecule has 1 aliphatic rings. The van der Waals surface area contributed by atoms with Crippen LogP contribution in [-0.4, -0.2) is 12.6 Å². The largest absolute Gasteiger partial charge is 0.494 e. The lowest BCUT2D eigenvalue weighted by molar-refractivity contribution is -0.144. The maximum Gasteiger partial charge on any atom is 0.309 e. The van der Waals surface area contributed by atoms with Gasteiger partial charge in [0.05, 0.1) is 12.5 Å². The minimum atomic E-state index is -0.0962. The minimum Gasteiger partial charge on any atom is -0.494 e. The van der Waals surface area contributed by atoms with Crippen molar-refractivity contribution in [2.75, 3.05) is 6.61 Å². The maximum atomic E-state index is 12.3. The van der Waals surface area contributed by atoms with E-state index in [-0.39, 0.29) is 18.0 Å². The molecule has 0 saturated carbocycles. The van der Waals surface area contributed by atoms with Crippen molar-refractivity contribution in [1.29, 1.82) is 0 Å². The summed E-state index contributed by atoms with van der Waals surface area (Å²) in [4.78, 5) is 12.3. The first-order valence-corrected chi connectivity index (χ1v) is 12.2. The van der Waals surface area contributed by atoms with E-state index in [0.717, 1.165) is 49.2 Å². The summed E-state index contributed by atoms with van der Waals surface area (Å²) in [5.41, 5.74) is 3.43. The van der Waals surface area contributed by atoms with Gasteiger partial charge >= 0.3 is 5.97 Å². The van der Waals surface area contributed by atoms with E-state index in [1.165, 1.54) is 44.1 Å². The molecular weight excluding hydrogens is 384 g/mol. The quantitative estimate of drug-likeness (QED) is 0.243. The highest BCUT2D eigenvalue weighted by Crippen LogP contribution is 2.36. The highest BCUT2D eigenvalue weighted by atomic mass is 16.6. The Morgan fingerprint density at radius 3 is 2.10 bits per heavy atom. The molecule has 31 heavy (non-hydrogen) atoms. The van der Waals surface area contributed by atoms with Crippen molar-refractivity contribution >= 4 is 5.97 Å². The average Bonchev–Trinajstić information content (AvgIpc) is 3.17. The lowest BCUT2D eigenvalue weighted by Crippen LogP contribution is -2.06. The van der Waals surface area contributed by atoms with Crippen molar-refractivity contribution in [2.24, 2.45) is 5.92 Å². The number of unbranched alkanes of at least 4 members (excludes halogenated alkanes) is 6. The van der Waals surface area contributed by atoms with E-state index < -0.39 is 0 Å². The van der Waals surface area contributed by atoms with Gasteiger partial charge in [0.15, 0.2) is 0 Å². The zero-order chi connectivity index (χ0) is 21.9. The van der Waals surface area contributed by atoms with Gasteiger partial charge < -0.3 is 9.47 Å². The van der Waals surface area contributed by atoms with Gasteiger partial charge in [0.2, 0.25) is 0 Å². The molecule has 0 amide bonds. The van der Waals surface area contributed by atoms with Gasteiger partial charge in [-0.05, 0) is 41.7 Å². The van der Waals surface area contributed by atoms with E-state index in [1.54, 1.807) is 0 Å². The average molecular weight is 423 g/mol.